The van der Waals surface area contributed by atoms with Crippen LogP contribution in [-0.4, -0.2) is 167 Å². The second-order valence-corrected chi connectivity index (χ2v) is 30.0. The number of anilines is 4. The molecule has 119 heavy (non-hydrogen) atoms. The van der Waals surface area contributed by atoms with E-state index in [4.69, 9.17) is 28.1 Å². The van der Waals surface area contributed by atoms with Crippen LogP contribution in [0.2, 0.25) is 0 Å². The lowest BCUT2D eigenvalue weighted by atomic mass is 10.1. The standard InChI is InChI=1S/3C21H19N5O3.C12H12N2O3.C11H13N3O/c3*1-26-18-13(8-5-9-22-18)14-11-15(14)17(21(26)28)23-19(27)20-25-24-16(29-20)10-12-6-3-2-4-7-12;1-2-16-12(15)11-14-13-10(17-11)8-9-6-4-3-5-7-9;1-14-10-6(3-2-4-13-10)7-5-8(7)9(12)11(14)15/h3*2-9,14-15,17H,10-11H2,1H3,(H,23,27);3-7H,2,8H2,1H3;2-4,7-9H,5,12H2,1H3/t2*14-,15?,17-;14-,15-,17-;;7-,8?,9-/m100.0/s1. The summed E-state index contributed by atoms with van der Waals surface area (Å²) in [5, 5.41) is 39.3. The van der Waals surface area contributed by atoms with Crippen molar-refractivity contribution in [3.05, 3.63) is 286 Å². The van der Waals surface area contributed by atoms with Gasteiger partial charge in [0.1, 0.15) is 41.4 Å². The van der Waals surface area contributed by atoms with Gasteiger partial charge in [-0.15, -0.1) is 40.8 Å². The van der Waals surface area contributed by atoms with Crippen LogP contribution >= 0.6 is 0 Å². The fourth-order valence-electron chi connectivity index (χ4n) is 15.8. The first kappa shape index (κ1) is 78.6. The van der Waals surface area contributed by atoms with E-state index in [0.29, 0.717) is 78.5 Å². The van der Waals surface area contributed by atoms with Gasteiger partial charge in [-0.3, -0.25) is 53.2 Å². The third kappa shape index (κ3) is 17.4. The Morgan fingerprint density at radius 2 is 0.622 bits per heavy atom. The number of fused-ring (bicyclic) bond motifs is 12. The topological polar surface area (TPSA) is 428 Å². The van der Waals surface area contributed by atoms with E-state index in [-0.39, 0.29) is 95.3 Å². The number of nitrogens with one attached hydrogen (secondary N) is 3. The number of pyridine rings is 4. The molecule has 12 aromatic rings. The molecular weight excluding hydrogens is 1520 g/mol. The van der Waals surface area contributed by atoms with Crippen LogP contribution in [0.3, 0.4) is 0 Å². The van der Waals surface area contributed by atoms with Crippen LogP contribution < -0.4 is 41.3 Å². The molecule has 0 bridgehead atoms. The number of rotatable bonds is 16. The van der Waals surface area contributed by atoms with Gasteiger partial charge < -0.3 is 44.1 Å². The smallest absolute Gasteiger partial charge is 0.396 e. The van der Waals surface area contributed by atoms with Crippen molar-refractivity contribution in [2.75, 3.05) is 54.4 Å². The second-order valence-electron chi connectivity index (χ2n) is 30.0. The molecule has 33 nitrogen and oxygen atoms in total. The molecule has 33 heteroatoms. The molecule has 12 heterocycles. The van der Waals surface area contributed by atoms with Gasteiger partial charge in [-0.1, -0.05) is 146 Å². The van der Waals surface area contributed by atoms with Gasteiger partial charge in [-0.25, -0.2) is 24.7 Å². The average Bonchev–Trinajstić information content (AvgIpc) is 1.60. The van der Waals surface area contributed by atoms with Gasteiger partial charge in [0.25, 0.3) is 17.7 Å². The minimum Gasteiger partial charge on any atom is -0.459 e. The number of aromatic nitrogens is 12. The van der Waals surface area contributed by atoms with Crippen LogP contribution in [0.15, 0.2) is 212 Å². The highest BCUT2D eigenvalue weighted by Crippen LogP contribution is 2.57. The summed E-state index contributed by atoms with van der Waals surface area (Å²) in [6.07, 6.45) is 12.1. The molecule has 4 aliphatic carbocycles. The second kappa shape index (κ2) is 34.3. The van der Waals surface area contributed by atoms with Crippen molar-refractivity contribution in [1.82, 2.24) is 76.7 Å². The van der Waals surface area contributed by atoms with E-state index in [2.05, 4.69) is 82.7 Å². The summed E-state index contributed by atoms with van der Waals surface area (Å²) < 4.78 is 26.5. The van der Waals surface area contributed by atoms with Gasteiger partial charge >= 0.3 is 47.3 Å². The molecule has 0 spiro atoms. The van der Waals surface area contributed by atoms with E-state index in [1.165, 1.54) is 20.3 Å². The molecule has 20 rings (SSSR count). The zero-order valence-electron chi connectivity index (χ0n) is 65.3. The number of nitrogens with zero attached hydrogens (tertiary/aromatic N) is 16. The van der Waals surface area contributed by atoms with Gasteiger partial charge in [0.2, 0.25) is 29.5 Å². The molecule has 4 aliphatic heterocycles. The number of hydrogen-bond donors (Lipinski definition) is 4. The average molecular weight is 1600 g/mol. The lowest BCUT2D eigenvalue weighted by Gasteiger charge is -2.22. The van der Waals surface area contributed by atoms with Crippen molar-refractivity contribution in [1.29, 1.82) is 0 Å². The lowest BCUT2D eigenvalue weighted by Crippen LogP contribution is -2.48. The maximum absolute atomic E-state index is 13.0. The Hall–Kier alpha value is -14.2. The summed E-state index contributed by atoms with van der Waals surface area (Å²) in [5.74, 6) is 2.50. The number of likely N-dealkylation sites (N-methyl/N-ethyl adjacent to an activating group) is 4. The number of benzene rings is 4. The lowest BCUT2D eigenvalue weighted by molar-refractivity contribution is -0.121. The minimum absolute atomic E-state index is 0.0139. The minimum atomic E-state index is -0.642. The normalized spacial score (nSPS) is 22.0. The molecule has 4 aromatic carbocycles. The molecule has 0 saturated heterocycles. The first-order chi connectivity index (χ1) is 57.8. The molecule has 3 unspecified atom stereocenters. The fraction of sp³-hybridized carbons (Fsp3) is 0.302. The Morgan fingerprint density at radius 1 is 0.361 bits per heavy atom. The van der Waals surface area contributed by atoms with Crippen LogP contribution in [0, 0.1) is 23.7 Å². The molecule has 7 amide bonds. The van der Waals surface area contributed by atoms with E-state index >= 15 is 0 Å². The van der Waals surface area contributed by atoms with Crippen molar-refractivity contribution >= 4 is 70.6 Å². The molecule has 0 radical (unpaired) electrons. The van der Waals surface area contributed by atoms with Crippen LogP contribution in [0.5, 0.6) is 0 Å². The van der Waals surface area contributed by atoms with Crippen molar-refractivity contribution in [2.24, 2.45) is 29.4 Å². The van der Waals surface area contributed by atoms with Crippen LogP contribution in [0.4, 0.5) is 23.3 Å². The first-order valence-electron chi connectivity index (χ1n) is 39.0. The van der Waals surface area contributed by atoms with Gasteiger partial charge in [-0.2, -0.15) is 0 Å². The van der Waals surface area contributed by atoms with E-state index in [0.717, 1.165) is 70.4 Å². The summed E-state index contributed by atoms with van der Waals surface area (Å²) in [6.45, 7) is 2.01. The summed E-state index contributed by atoms with van der Waals surface area (Å²) in [6, 6.07) is 52.0. The summed E-state index contributed by atoms with van der Waals surface area (Å²) in [5.41, 5.74) is 14.3. The summed E-state index contributed by atoms with van der Waals surface area (Å²) in [4.78, 5) is 124. The van der Waals surface area contributed by atoms with Crippen molar-refractivity contribution < 1.29 is 60.8 Å². The van der Waals surface area contributed by atoms with Gasteiger partial charge in [0.15, 0.2) is 0 Å². The van der Waals surface area contributed by atoms with Crippen LogP contribution in [0.25, 0.3) is 0 Å². The quantitative estimate of drug-likeness (QED) is 0.0663. The summed E-state index contributed by atoms with van der Waals surface area (Å²) >= 11 is 0. The molecule has 4 saturated carbocycles. The number of nitrogens with two attached hydrogens (primary N) is 1. The highest BCUT2D eigenvalue weighted by molar-refractivity contribution is 6.04. The van der Waals surface area contributed by atoms with Gasteiger partial charge in [0.05, 0.1) is 38.3 Å². The molecule has 8 aliphatic rings. The van der Waals surface area contributed by atoms with Crippen LogP contribution in [-0.2, 0) is 49.6 Å². The number of hydrogen-bond acceptors (Lipinski definition) is 26. The zero-order chi connectivity index (χ0) is 82.5. The Bertz CT molecular complexity index is 5320. The zero-order valence-corrected chi connectivity index (χ0v) is 65.3. The fourth-order valence-corrected chi connectivity index (χ4v) is 15.8. The van der Waals surface area contributed by atoms with E-state index < -0.39 is 41.8 Å². The SMILES string of the molecule is CCOC(=O)c1nnc(Cc2ccccc2)o1.CN1C(=O)[C@@H](N)C2C[C@H]2c2cccnc21.CN1C(=O)[C@@H](NC(=O)c2nnc(Cc3ccccc3)o2)C2C[C@H]2c2cccnc21.CN1C(=O)[C@@H](NC(=O)c2nnc(Cc3ccccc3)o2)[C@H]2C[C@H]2c2cccnc21.CN1C(=O)[C@H](NC(=O)c2nnc(Cc3ccccc3)o2)C2C[C@@H]2c2cccnc21. The van der Waals surface area contributed by atoms with Gasteiger partial charge in [0, 0.05) is 53.0 Å². The predicted octanol–water partition coefficient (Wildman–Crippen LogP) is 8.13. The molecule has 12 atom stereocenters. The number of carbonyl (C=O) groups is 8. The summed E-state index contributed by atoms with van der Waals surface area (Å²) in [7, 11) is 6.80. The number of ether oxygens (including phenoxy) is 1. The third-order valence-corrected chi connectivity index (χ3v) is 22.2. The first-order valence-corrected chi connectivity index (χ1v) is 39.0. The Kier molecular flexibility index (Phi) is 22.7. The van der Waals surface area contributed by atoms with E-state index in [1.807, 2.05) is 164 Å². The van der Waals surface area contributed by atoms with Crippen LogP contribution in [0.1, 0.15) is 167 Å². The highest BCUT2D eigenvalue weighted by atomic mass is 16.5. The monoisotopic (exact) mass is 1600 g/mol. The maximum atomic E-state index is 13.0. The van der Waals surface area contributed by atoms with Crippen molar-refractivity contribution in [3.8, 4) is 0 Å². The van der Waals surface area contributed by atoms with Crippen molar-refractivity contribution in [2.45, 2.75) is 106 Å². The van der Waals surface area contributed by atoms with E-state index in [9.17, 15) is 38.4 Å². The maximum Gasteiger partial charge on any atom is 0.396 e. The molecule has 4 fully saturated rings. The Balaban J connectivity index is 0.000000114. The van der Waals surface area contributed by atoms with E-state index in [1.54, 1.807) is 64.8 Å². The largest absolute Gasteiger partial charge is 0.459 e. The molecule has 8 aromatic heterocycles. The van der Waals surface area contributed by atoms with Crippen molar-refractivity contribution in [3.63, 3.8) is 0 Å². The molecule has 5 N–H and O–H groups in total. The molecular formula is C86H82N20O13. The third-order valence-electron chi connectivity index (χ3n) is 22.2. The van der Waals surface area contributed by atoms with Gasteiger partial charge in [-0.05, 0) is 149 Å². The number of amides is 7. The number of esters is 1. The molecule has 604 valence electrons. The Labute approximate surface area is 681 Å². The number of carbonyl (C=O) groups excluding carboxylic acids is 8. The highest BCUT2D eigenvalue weighted by Gasteiger charge is 2.56. The Morgan fingerprint density at radius 3 is 0.916 bits per heavy atom. The predicted molar refractivity (Wildman–Crippen MR) is 426 cm³/mol.